The van der Waals surface area contributed by atoms with Crippen LogP contribution in [0.2, 0.25) is 0 Å². The molecule has 0 spiro atoms. The Morgan fingerprint density at radius 1 is 1.22 bits per heavy atom. The number of pyridine rings is 2. The van der Waals surface area contributed by atoms with Gasteiger partial charge < -0.3 is 20.3 Å². The number of likely N-dealkylation sites (tertiary alicyclic amines) is 1. The summed E-state index contributed by atoms with van der Waals surface area (Å²) in [7, 11) is 1.69. The fraction of sp³-hybridized carbons (Fsp3) is 0.407. The molecule has 1 fully saturated rings. The molecule has 0 bridgehead atoms. The lowest BCUT2D eigenvalue weighted by atomic mass is 10.1. The number of hydrogen-bond donors (Lipinski definition) is 2. The lowest BCUT2D eigenvalue weighted by Crippen LogP contribution is -2.30. The zero-order valence-electron chi connectivity index (χ0n) is 21.7. The molecule has 0 unspecified atom stereocenters. The van der Waals surface area contributed by atoms with E-state index in [-0.39, 0.29) is 18.6 Å². The van der Waals surface area contributed by atoms with E-state index >= 15 is 0 Å². The quantitative estimate of drug-likeness (QED) is 0.362. The minimum Gasteiger partial charge on any atom is -0.488 e. The first-order valence-electron chi connectivity index (χ1n) is 12.3. The maximum absolute atomic E-state index is 8.36. The number of carbonyl (C=O) groups is 1. The lowest BCUT2D eigenvalue weighted by molar-refractivity contribution is -0.122. The third-order valence-corrected chi connectivity index (χ3v) is 6.75. The molecule has 0 amide bonds. The topological polar surface area (TPSA) is 128 Å². The van der Waals surface area contributed by atoms with E-state index in [1.165, 1.54) is 5.56 Å². The van der Waals surface area contributed by atoms with Gasteiger partial charge in [-0.15, -0.1) is 10.2 Å². The second-order valence-electron chi connectivity index (χ2n) is 9.82. The Kier molecular flexibility index (Phi) is 8.01. The molecule has 1 saturated heterocycles. The van der Waals surface area contributed by atoms with Gasteiger partial charge in [0.05, 0.1) is 5.60 Å². The average molecular weight is 507 g/mol. The standard InChI is InChI=1S/C26H32N6O2.CH2O2/c1-17(31-13-12-20(27)15-31)19-9-11-23-29-30-25(32(23)14-19)21-10-8-18-6-5-7-22(24(18)28-21)34-16-26(2,3)33-4;2-1-3/h5-11,14,17,20H,12-13,15-16,27H2,1-4H3;1H,(H,2,3)/t17-,20-;/m0./s1. The Balaban J connectivity index is 0.00000102. The zero-order valence-corrected chi connectivity index (χ0v) is 21.7. The molecule has 1 aliphatic heterocycles. The Hall–Kier alpha value is -3.60. The van der Waals surface area contributed by atoms with E-state index in [2.05, 4.69) is 34.3 Å². The number of fused-ring (bicyclic) bond motifs is 2. The number of ether oxygens (including phenoxy) is 2. The summed E-state index contributed by atoms with van der Waals surface area (Å²) in [5, 5.41) is 16.7. The second-order valence-corrected chi connectivity index (χ2v) is 9.82. The van der Waals surface area contributed by atoms with E-state index in [1.54, 1.807) is 7.11 Å². The summed E-state index contributed by atoms with van der Waals surface area (Å²) >= 11 is 0. The number of methoxy groups -OCH3 is 1. The van der Waals surface area contributed by atoms with Gasteiger partial charge >= 0.3 is 0 Å². The lowest BCUT2D eigenvalue weighted by Gasteiger charge is -2.24. The molecule has 10 heteroatoms. The molecule has 1 aliphatic rings. The van der Waals surface area contributed by atoms with Crippen molar-refractivity contribution in [2.75, 3.05) is 26.8 Å². The van der Waals surface area contributed by atoms with E-state index in [4.69, 9.17) is 30.1 Å². The van der Waals surface area contributed by atoms with Crippen molar-refractivity contribution >= 4 is 23.0 Å². The fourth-order valence-corrected chi connectivity index (χ4v) is 4.38. The van der Waals surface area contributed by atoms with Crippen LogP contribution in [0.25, 0.3) is 28.1 Å². The van der Waals surface area contributed by atoms with Crippen molar-refractivity contribution in [3.8, 4) is 17.3 Å². The molecule has 2 atom stereocenters. The van der Waals surface area contributed by atoms with Crippen molar-refractivity contribution in [2.45, 2.75) is 44.9 Å². The van der Waals surface area contributed by atoms with Gasteiger partial charge in [-0.2, -0.15) is 0 Å². The highest BCUT2D eigenvalue weighted by Crippen LogP contribution is 2.29. The molecule has 10 nitrogen and oxygen atoms in total. The SMILES string of the molecule is COC(C)(C)COc1cccc2ccc(-c3nnc4ccc([C@H](C)N5CC[C@H](N)C5)cn34)nc12.O=CO. The van der Waals surface area contributed by atoms with Gasteiger partial charge in [-0.25, -0.2) is 4.98 Å². The molecule has 0 aliphatic carbocycles. The van der Waals surface area contributed by atoms with Crippen LogP contribution in [0, 0.1) is 0 Å². The van der Waals surface area contributed by atoms with Gasteiger partial charge in [0.15, 0.2) is 11.5 Å². The fourth-order valence-electron chi connectivity index (χ4n) is 4.38. The molecule has 3 N–H and O–H groups in total. The van der Waals surface area contributed by atoms with Crippen molar-refractivity contribution < 1.29 is 19.4 Å². The first kappa shape index (κ1) is 26.5. The molecule has 37 heavy (non-hydrogen) atoms. The highest BCUT2D eigenvalue weighted by molar-refractivity contribution is 5.86. The maximum atomic E-state index is 8.36. The van der Waals surface area contributed by atoms with Crippen LogP contribution in [0.15, 0.2) is 48.7 Å². The Labute approximate surface area is 216 Å². The summed E-state index contributed by atoms with van der Waals surface area (Å²) in [4.78, 5) is 15.7. The van der Waals surface area contributed by atoms with E-state index in [1.807, 2.05) is 54.6 Å². The summed E-state index contributed by atoms with van der Waals surface area (Å²) < 4.78 is 13.6. The summed E-state index contributed by atoms with van der Waals surface area (Å²) in [6, 6.07) is 14.6. The van der Waals surface area contributed by atoms with Crippen LogP contribution in [0.1, 0.15) is 38.8 Å². The molecular weight excluding hydrogens is 472 g/mol. The number of nitrogens with zero attached hydrogens (tertiary/aromatic N) is 5. The number of carboxylic acid groups (broad SMARTS) is 1. The summed E-state index contributed by atoms with van der Waals surface area (Å²) in [6.07, 6.45) is 3.16. The van der Waals surface area contributed by atoms with Crippen LogP contribution in [-0.2, 0) is 9.53 Å². The number of aromatic nitrogens is 4. The van der Waals surface area contributed by atoms with E-state index in [0.29, 0.717) is 12.4 Å². The third kappa shape index (κ3) is 5.87. The van der Waals surface area contributed by atoms with Crippen LogP contribution in [-0.4, -0.2) is 74.5 Å². The number of hydrogen-bond acceptors (Lipinski definition) is 8. The Bertz CT molecular complexity index is 1370. The first-order valence-corrected chi connectivity index (χ1v) is 12.3. The van der Waals surface area contributed by atoms with Gasteiger partial charge in [-0.3, -0.25) is 14.1 Å². The van der Waals surface area contributed by atoms with Crippen molar-refractivity contribution in [3.63, 3.8) is 0 Å². The highest BCUT2D eigenvalue weighted by Gasteiger charge is 2.25. The third-order valence-electron chi connectivity index (χ3n) is 6.75. The van der Waals surface area contributed by atoms with Crippen LogP contribution in [0.4, 0.5) is 0 Å². The zero-order chi connectivity index (χ0) is 26.6. The van der Waals surface area contributed by atoms with E-state index < -0.39 is 5.60 Å². The molecule has 5 rings (SSSR count). The number of para-hydroxylation sites is 1. The van der Waals surface area contributed by atoms with Crippen LogP contribution in [0.3, 0.4) is 0 Å². The summed E-state index contributed by atoms with van der Waals surface area (Å²) in [5.41, 5.74) is 9.27. The van der Waals surface area contributed by atoms with Gasteiger partial charge in [0.1, 0.15) is 23.6 Å². The predicted octanol–water partition coefficient (Wildman–Crippen LogP) is 3.54. The Morgan fingerprint density at radius 2 is 2.00 bits per heavy atom. The molecular formula is C27H34N6O4. The Morgan fingerprint density at radius 3 is 2.70 bits per heavy atom. The van der Waals surface area contributed by atoms with Crippen LogP contribution in [0.5, 0.6) is 5.75 Å². The summed E-state index contributed by atoms with van der Waals surface area (Å²) in [6.45, 7) is 8.32. The van der Waals surface area contributed by atoms with Crippen LogP contribution >= 0.6 is 0 Å². The van der Waals surface area contributed by atoms with Crippen molar-refractivity contribution in [1.82, 2.24) is 24.5 Å². The first-order chi connectivity index (χ1) is 17.8. The maximum Gasteiger partial charge on any atom is 0.290 e. The molecule has 3 aromatic heterocycles. The average Bonchev–Trinajstić information content (AvgIpc) is 3.53. The molecule has 0 saturated carbocycles. The van der Waals surface area contributed by atoms with Crippen molar-refractivity contribution in [3.05, 3.63) is 54.2 Å². The summed E-state index contributed by atoms with van der Waals surface area (Å²) in [5.74, 6) is 1.43. The largest absolute Gasteiger partial charge is 0.488 e. The van der Waals surface area contributed by atoms with Gasteiger partial charge in [-0.05, 0) is 51.0 Å². The van der Waals surface area contributed by atoms with Crippen LogP contribution < -0.4 is 10.5 Å². The number of rotatable bonds is 7. The van der Waals surface area contributed by atoms with E-state index in [0.717, 1.165) is 47.5 Å². The normalized spacial score (nSPS) is 16.9. The van der Waals surface area contributed by atoms with Crippen molar-refractivity contribution in [2.24, 2.45) is 5.73 Å². The molecule has 1 aromatic carbocycles. The minimum atomic E-state index is -0.394. The van der Waals surface area contributed by atoms with Gasteiger partial charge in [0, 0.05) is 43.9 Å². The molecule has 196 valence electrons. The van der Waals surface area contributed by atoms with Gasteiger partial charge in [-0.1, -0.05) is 24.3 Å². The van der Waals surface area contributed by atoms with Gasteiger partial charge in [0.25, 0.3) is 6.47 Å². The number of benzene rings is 1. The second kappa shape index (κ2) is 11.2. The molecule has 4 heterocycles. The molecule has 0 radical (unpaired) electrons. The smallest absolute Gasteiger partial charge is 0.290 e. The number of nitrogens with two attached hydrogens (primary N) is 1. The highest BCUT2D eigenvalue weighted by atomic mass is 16.5. The van der Waals surface area contributed by atoms with E-state index in [9.17, 15) is 0 Å². The van der Waals surface area contributed by atoms with Gasteiger partial charge in [0.2, 0.25) is 0 Å². The van der Waals surface area contributed by atoms with Crippen molar-refractivity contribution in [1.29, 1.82) is 0 Å². The monoisotopic (exact) mass is 506 g/mol. The molecule has 4 aromatic rings. The minimum absolute atomic E-state index is 0.250. The predicted molar refractivity (Wildman–Crippen MR) is 142 cm³/mol.